The maximum absolute atomic E-state index is 11.9. The number of benzene rings is 2. The summed E-state index contributed by atoms with van der Waals surface area (Å²) in [5, 5.41) is 22.0. The van der Waals surface area contributed by atoms with Crippen LogP contribution in [0.5, 0.6) is 0 Å². The van der Waals surface area contributed by atoms with E-state index in [0.717, 1.165) is 25.7 Å². The van der Waals surface area contributed by atoms with Gasteiger partial charge in [-0.1, -0.05) is 70.2 Å². The number of ketones is 2. The van der Waals surface area contributed by atoms with Crippen molar-refractivity contribution >= 4 is 23.5 Å². The molecule has 2 aromatic carbocycles. The Hall–Kier alpha value is -3.28. The molecule has 0 aliphatic heterocycles. The number of carbonyl (C=O) groups excluding carboxylic acids is 4. The van der Waals surface area contributed by atoms with Crippen LogP contribution < -0.4 is 10.2 Å². The predicted molar refractivity (Wildman–Crippen MR) is 123 cm³/mol. The van der Waals surface area contributed by atoms with Gasteiger partial charge in [-0.05, 0) is 42.9 Å². The molecule has 0 atom stereocenters. The summed E-state index contributed by atoms with van der Waals surface area (Å²) in [6.45, 7) is 6.37. The number of Topliss-reactive ketones (excluding diaryl/α,β-unsaturated/α-hetero) is 2. The number of aliphatic carboxylic acids is 2. The minimum absolute atomic E-state index is 0.126. The van der Waals surface area contributed by atoms with E-state index in [2.05, 4.69) is 0 Å². The van der Waals surface area contributed by atoms with Gasteiger partial charge in [-0.2, -0.15) is 0 Å². The molecule has 34 heavy (non-hydrogen) atoms. The Balaban J connectivity index is 0.000000191. The second kappa shape index (κ2) is 9.53. The van der Waals surface area contributed by atoms with Gasteiger partial charge in [0.1, 0.15) is 0 Å². The van der Waals surface area contributed by atoms with Crippen LogP contribution in [-0.4, -0.2) is 23.5 Å². The molecule has 0 radical (unpaired) electrons. The fourth-order valence-electron chi connectivity index (χ4n) is 3.51. The molecule has 180 valence electrons. The monoisotopic (exact) mass is 462 g/mol. The van der Waals surface area contributed by atoms with E-state index in [1.807, 2.05) is 0 Å². The third-order valence-electron chi connectivity index (χ3n) is 6.68. The zero-order valence-corrected chi connectivity index (χ0v) is 20.1. The molecule has 0 spiro atoms. The normalized spacial score (nSPS) is 15.6. The molecule has 0 N–H and O–H groups in total. The van der Waals surface area contributed by atoms with Crippen molar-refractivity contribution in [1.82, 2.24) is 0 Å². The lowest BCUT2D eigenvalue weighted by Crippen LogP contribution is -2.41. The van der Waals surface area contributed by atoms with Gasteiger partial charge >= 0.3 is 0 Å². The maximum Gasteiger partial charge on any atom is 0.165 e. The summed E-state index contributed by atoms with van der Waals surface area (Å²) in [7, 11) is 0. The molecular formula is C28H30O6-2. The van der Waals surface area contributed by atoms with E-state index in [0.29, 0.717) is 22.3 Å². The average Bonchev–Trinajstić information content (AvgIpc) is 3.71. The molecule has 0 amide bonds. The van der Waals surface area contributed by atoms with Crippen LogP contribution in [0.1, 0.15) is 85.2 Å². The second-order valence-electron chi connectivity index (χ2n) is 10.3. The molecule has 6 nitrogen and oxygen atoms in total. The topological polar surface area (TPSA) is 114 Å². The van der Waals surface area contributed by atoms with Crippen molar-refractivity contribution in [3.05, 3.63) is 70.8 Å². The Kier molecular flexibility index (Phi) is 7.10. The molecule has 0 heterocycles. The largest absolute Gasteiger partial charge is 0.549 e. The van der Waals surface area contributed by atoms with Crippen molar-refractivity contribution in [3.8, 4) is 0 Å². The summed E-state index contributed by atoms with van der Waals surface area (Å²) in [5.41, 5.74) is 0.458. The first-order valence-corrected chi connectivity index (χ1v) is 11.6. The first-order chi connectivity index (χ1) is 15.9. The van der Waals surface area contributed by atoms with Crippen LogP contribution >= 0.6 is 0 Å². The van der Waals surface area contributed by atoms with Crippen LogP contribution in [0.25, 0.3) is 0 Å². The number of hydrogen-bond acceptors (Lipinski definition) is 6. The van der Waals surface area contributed by atoms with Crippen molar-refractivity contribution in [2.45, 2.75) is 64.2 Å². The van der Waals surface area contributed by atoms with Gasteiger partial charge in [0.15, 0.2) is 11.6 Å². The van der Waals surface area contributed by atoms with Crippen LogP contribution in [-0.2, 0) is 20.4 Å². The molecule has 0 saturated heterocycles. The summed E-state index contributed by atoms with van der Waals surface area (Å²) in [5.74, 6) is -1.61. The molecular weight excluding hydrogens is 432 g/mol. The highest BCUT2D eigenvalue weighted by molar-refractivity contribution is 6.00. The van der Waals surface area contributed by atoms with Crippen LogP contribution in [0.2, 0.25) is 0 Å². The summed E-state index contributed by atoms with van der Waals surface area (Å²) in [4.78, 5) is 45.7. The first kappa shape index (κ1) is 25.3. The number of carbonyl (C=O) groups is 4. The molecule has 0 bridgehead atoms. The summed E-state index contributed by atoms with van der Waals surface area (Å²) in [6, 6.07) is 13.7. The van der Waals surface area contributed by atoms with E-state index in [9.17, 15) is 29.4 Å². The van der Waals surface area contributed by atoms with Crippen molar-refractivity contribution in [2.75, 3.05) is 0 Å². The minimum Gasteiger partial charge on any atom is -0.549 e. The second-order valence-corrected chi connectivity index (χ2v) is 10.3. The Bertz CT molecular complexity index is 1100. The van der Waals surface area contributed by atoms with E-state index < -0.39 is 22.8 Å². The summed E-state index contributed by atoms with van der Waals surface area (Å²) < 4.78 is 0. The van der Waals surface area contributed by atoms with Gasteiger partial charge in [0.2, 0.25) is 0 Å². The first-order valence-electron chi connectivity index (χ1n) is 11.6. The van der Waals surface area contributed by atoms with Gasteiger partial charge in [0.25, 0.3) is 0 Å². The van der Waals surface area contributed by atoms with Gasteiger partial charge in [0.05, 0.1) is 11.9 Å². The van der Waals surface area contributed by atoms with E-state index in [-0.39, 0.29) is 23.4 Å². The third-order valence-corrected chi connectivity index (χ3v) is 6.68. The van der Waals surface area contributed by atoms with Crippen molar-refractivity contribution in [3.63, 3.8) is 0 Å². The summed E-state index contributed by atoms with van der Waals surface area (Å²) >= 11 is 0. The lowest BCUT2D eigenvalue weighted by atomic mass is 9.83. The fraction of sp³-hybridized carbons (Fsp3) is 0.429. The SMILES string of the molecule is CC(C)(C(=O)[O-])c1ccc(C(=O)C2CC2)cc1.CC(C)(C(=O)[O-])c1cccc(C(=O)C2CC2)c1. The van der Waals surface area contributed by atoms with E-state index >= 15 is 0 Å². The average molecular weight is 463 g/mol. The molecule has 2 aliphatic rings. The molecule has 0 unspecified atom stereocenters. The molecule has 2 aromatic rings. The fourth-order valence-corrected chi connectivity index (χ4v) is 3.51. The van der Waals surface area contributed by atoms with E-state index in [4.69, 9.17) is 0 Å². The molecule has 2 aliphatic carbocycles. The lowest BCUT2D eigenvalue weighted by Gasteiger charge is -2.26. The van der Waals surface area contributed by atoms with Crippen LogP contribution in [0.4, 0.5) is 0 Å². The van der Waals surface area contributed by atoms with Gasteiger partial charge < -0.3 is 19.8 Å². The standard InChI is InChI=1S/2C14H16O3/c1-14(2,13(16)17)11-7-5-10(6-8-11)12(15)9-3-4-9;1-14(2,13(16)17)11-5-3-4-10(8-11)12(15)9-6-7-9/h5-9H,3-4H2,1-2H3,(H,16,17);3-5,8-9H,6-7H2,1-2H3,(H,16,17)/p-2. The lowest BCUT2D eigenvalue weighted by molar-refractivity contribution is -0.313. The highest BCUT2D eigenvalue weighted by Crippen LogP contribution is 2.34. The van der Waals surface area contributed by atoms with Gasteiger partial charge in [0, 0.05) is 33.8 Å². The molecule has 2 saturated carbocycles. The summed E-state index contributed by atoms with van der Waals surface area (Å²) in [6.07, 6.45) is 3.86. The maximum atomic E-state index is 11.9. The van der Waals surface area contributed by atoms with E-state index in [1.54, 1.807) is 76.2 Å². The minimum atomic E-state index is -1.13. The zero-order chi connectivity index (χ0) is 25.3. The number of carboxylic acid groups (broad SMARTS) is 2. The Morgan fingerprint density at radius 1 is 0.647 bits per heavy atom. The quantitative estimate of drug-likeness (QED) is 0.557. The van der Waals surface area contributed by atoms with Gasteiger partial charge in [-0.25, -0.2) is 0 Å². The van der Waals surface area contributed by atoms with Crippen molar-refractivity contribution in [1.29, 1.82) is 0 Å². The Morgan fingerprint density at radius 3 is 1.53 bits per heavy atom. The highest BCUT2D eigenvalue weighted by Gasteiger charge is 2.32. The van der Waals surface area contributed by atoms with Gasteiger partial charge in [-0.3, -0.25) is 9.59 Å². The number of rotatable bonds is 8. The Labute approximate surface area is 200 Å². The predicted octanol–water partition coefficient (Wildman–Crippen LogP) is 2.61. The molecule has 4 rings (SSSR count). The van der Waals surface area contributed by atoms with Crippen molar-refractivity contribution < 1.29 is 29.4 Å². The van der Waals surface area contributed by atoms with Gasteiger partial charge in [-0.15, -0.1) is 0 Å². The molecule has 6 heteroatoms. The highest BCUT2D eigenvalue weighted by atomic mass is 16.4. The van der Waals surface area contributed by atoms with Crippen molar-refractivity contribution in [2.24, 2.45) is 11.8 Å². The van der Waals surface area contributed by atoms with E-state index in [1.165, 1.54) is 0 Å². The molecule has 0 aromatic heterocycles. The van der Waals surface area contributed by atoms with Crippen LogP contribution in [0.15, 0.2) is 48.5 Å². The van der Waals surface area contributed by atoms with Crippen LogP contribution in [0.3, 0.4) is 0 Å². The zero-order valence-electron chi connectivity index (χ0n) is 20.1. The molecule has 2 fully saturated rings. The van der Waals surface area contributed by atoms with Crippen LogP contribution in [0, 0.1) is 11.8 Å². The smallest absolute Gasteiger partial charge is 0.165 e. The number of carboxylic acids is 2. The number of hydrogen-bond donors (Lipinski definition) is 0. The third kappa shape index (κ3) is 5.61. The Morgan fingerprint density at radius 2 is 1.09 bits per heavy atom.